The van der Waals surface area contributed by atoms with Crippen molar-refractivity contribution in [3.05, 3.63) is 67.6 Å². The zero-order chi connectivity index (χ0) is 48.3. The molecule has 6 fully saturated rings. The number of benzene rings is 2. The van der Waals surface area contributed by atoms with E-state index < -0.39 is 25.1 Å². The lowest BCUT2D eigenvalue weighted by molar-refractivity contribution is -0.147. The number of ether oxygens (including phenoxy) is 4. The van der Waals surface area contributed by atoms with Crippen molar-refractivity contribution >= 4 is 88.0 Å². The van der Waals surface area contributed by atoms with Gasteiger partial charge < -0.3 is 34.1 Å². The van der Waals surface area contributed by atoms with Crippen molar-refractivity contribution in [3.8, 4) is 0 Å². The van der Waals surface area contributed by atoms with Gasteiger partial charge in [-0.15, -0.1) is 0 Å². The van der Waals surface area contributed by atoms with Gasteiger partial charge in [-0.05, 0) is 87.3 Å². The number of methoxy groups -OCH3 is 2. The largest absolute Gasteiger partial charge is 0.384 e. The number of nitrogens with zero attached hydrogens (tertiary/aromatic N) is 5. The second-order valence-corrected chi connectivity index (χ2v) is 24.1. The van der Waals surface area contributed by atoms with Gasteiger partial charge in [0.15, 0.2) is 0 Å². The number of amides is 2. The summed E-state index contributed by atoms with van der Waals surface area (Å²) in [7, 11) is 0.833. The van der Waals surface area contributed by atoms with Crippen molar-refractivity contribution in [3.63, 3.8) is 0 Å². The quantitative estimate of drug-likeness (QED) is 0.283. The molecule has 23 heteroatoms. The van der Waals surface area contributed by atoms with Gasteiger partial charge in [0, 0.05) is 51.1 Å². The Morgan fingerprint density at radius 3 is 1.60 bits per heavy atom. The average Bonchev–Trinajstić information content (AvgIpc) is 4.06. The van der Waals surface area contributed by atoms with Crippen LogP contribution in [0.4, 0.5) is 0 Å². The highest BCUT2D eigenvalue weighted by Gasteiger charge is 2.51. The molecule has 2 aromatic carbocycles. The van der Waals surface area contributed by atoms with E-state index in [-0.39, 0.29) is 86.3 Å². The molecule has 0 saturated carbocycles. The van der Waals surface area contributed by atoms with Gasteiger partial charge >= 0.3 is 0 Å². The van der Waals surface area contributed by atoms with Crippen LogP contribution in [0.15, 0.2) is 36.4 Å². The average molecular weight is 1080 g/mol. The molecular weight excluding hydrogens is 1010 g/mol. The molecule has 2 amide bonds. The van der Waals surface area contributed by atoms with Crippen LogP contribution in [-0.2, 0) is 60.5 Å². The summed E-state index contributed by atoms with van der Waals surface area (Å²) in [5, 5.41) is 5.43. The zero-order valence-corrected chi connectivity index (χ0v) is 43.4. The highest BCUT2D eigenvalue weighted by molar-refractivity contribution is 8.13. The molecule has 6 aliphatic heterocycles. The van der Waals surface area contributed by atoms with Crippen molar-refractivity contribution in [2.75, 3.05) is 118 Å². The first-order chi connectivity index (χ1) is 32.0. The van der Waals surface area contributed by atoms with Gasteiger partial charge in [0.1, 0.15) is 0 Å². The maximum Gasteiger partial charge on any atom is 0.234 e. The molecule has 0 bridgehead atoms. The summed E-state index contributed by atoms with van der Waals surface area (Å²) in [6.45, 7) is 8.65. The number of fused-ring (bicyclic) bond motifs is 2. The Morgan fingerprint density at radius 2 is 1.10 bits per heavy atom. The Labute approximate surface area is 420 Å². The summed E-state index contributed by atoms with van der Waals surface area (Å²) >= 11 is 24.3. The second kappa shape index (κ2) is 25.7. The number of carbonyl (C=O) groups is 2. The predicted molar refractivity (Wildman–Crippen MR) is 262 cm³/mol. The summed E-state index contributed by atoms with van der Waals surface area (Å²) in [6, 6.07) is 10.6. The number of halogens is 5. The summed E-state index contributed by atoms with van der Waals surface area (Å²) in [5.41, 5.74) is 1.69. The zero-order valence-electron chi connectivity index (χ0n) is 38.0. The van der Waals surface area contributed by atoms with Crippen LogP contribution in [0.1, 0.15) is 36.8 Å². The molecule has 376 valence electrons. The minimum absolute atomic E-state index is 0.0376. The Kier molecular flexibility index (Phi) is 21.0. The molecule has 8 rings (SSSR count). The normalized spacial score (nSPS) is 26.2. The standard InChI is InChI=1S/C22H31Cl2N3O5S.C19H25Cl2N3O2.C3H7ClO3S/c1-31-10-11-33(29,30)27-9-8-26(21(28)13-16-4-5-17(23)18(24)12-16)22-19(14-32-15-20(22)27)25-6-2-3-7-25;20-14-4-3-13(9-15(14)21)10-18(25)24-8-5-22-16-11-26-12-17(19(16)24)23-6-1-2-7-23;1-7-2-3-8(4,5)6/h4-5,12,19-20,22H,2-3,6-11,13-15H2,1H3;3-4,9,16-17,19,22H,1-2,5-8,10-12H2;2-3H2,1H3/t19-,20+,22+;16-,17+,19+;/m01./s1. The van der Waals surface area contributed by atoms with Crippen LogP contribution in [0.25, 0.3) is 0 Å². The van der Waals surface area contributed by atoms with E-state index in [0.717, 1.165) is 63.2 Å². The first-order valence-electron chi connectivity index (χ1n) is 22.7. The Balaban J connectivity index is 0.000000194. The molecule has 6 heterocycles. The van der Waals surface area contributed by atoms with Crippen molar-refractivity contribution in [1.29, 1.82) is 0 Å². The topological polar surface area (TPSA) is 168 Å². The summed E-state index contributed by atoms with van der Waals surface area (Å²) in [4.78, 5) is 35.5. The van der Waals surface area contributed by atoms with E-state index in [1.165, 1.54) is 27.1 Å². The number of rotatable bonds is 13. The van der Waals surface area contributed by atoms with E-state index in [2.05, 4.69) is 24.8 Å². The third-order valence-electron chi connectivity index (χ3n) is 13.1. The summed E-state index contributed by atoms with van der Waals surface area (Å²) in [5.74, 6) is -0.0852. The maximum absolute atomic E-state index is 13.5. The van der Waals surface area contributed by atoms with E-state index in [1.54, 1.807) is 34.6 Å². The van der Waals surface area contributed by atoms with Crippen molar-refractivity contribution in [2.45, 2.75) is 74.8 Å². The molecule has 0 radical (unpaired) electrons. The minimum atomic E-state index is -3.54. The number of piperazine rings is 2. The molecule has 2 aromatic rings. The Hall–Kier alpha value is -1.59. The number of sulfonamides is 1. The first-order valence-corrected chi connectivity index (χ1v) is 28.3. The van der Waals surface area contributed by atoms with Gasteiger partial charge in [-0.3, -0.25) is 19.4 Å². The van der Waals surface area contributed by atoms with Crippen LogP contribution in [-0.4, -0.2) is 207 Å². The molecule has 67 heavy (non-hydrogen) atoms. The number of hydrogen-bond donors (Lipinski definition) is 1. The van der Waals surface area contributed by atoms with E-state index in [0.29, 0.717) is 52.9 Å². The lowest BCUT2D eigenvalue weighted by atomic mass is 9.92. The molecule has 6 atom stereocenters. The van der Waals surface area contributed by atoms with Crippen molar-refractivity contribution in [1.82, 2.24) is 29.2 Å². The molecule has 16 nitrogen and oxygen atoms in total. The third-order valence-corrected chi connectivity index (χ3v) is 17.6. The molecule has 0 aliphatic carbocycles. The highest BCUT2D eigenvalue weighted by atomic mass is 35.7. The fourth-order valence-corrected chi connectivity index (χ4v) is 12.7. The number of hydrogen-bond acceptors (Lipinski definition) is 13. The van der Waals surface area contributed by atoms with Gasteiger partial charge in [-0.25, -0.2) is 16.8 Å². The lowest BCUT2D eigenvalue weighted by Gasteiger charge is -2.53. The minimum Gasteiger partial charge on any atom is -0.384 e. The number of nitrogens with one attached hydrogen (secondary N) is 1. The van der Waals surface area contributed by atoms with Crippen molar-refractivity contribution < 1.29 is 45.4 Å². The third kappa shape index (κ3) is 15.0. The van der Waals surface area contributed by atoms with Gasteiger partial charge in [0.25, 0.3) is 0 Å². The Morgan fingerprint density at radius 1 is 0.627 bits per heavy atom. The molecule has 6 saturated heterocycles. The van der Waals surface area contributed by atoms with Gasteiger partial charge in [-0.2, -0.15) is 4.31 Å². The molecule has 0 spiro atoms. The highest BCUT2D eigenvalue weighted by Crippen LogP contribution is 2.33. The summed E-state index contributed by atoms with van der Waals surface area (Å²) in [6.07, 6.45) is 5.21. The van der Waals surface area contributed by atoms with Crippen LogP contribution < -0.4 is 5.32 Å². The molecular formula is C44H63Cl5N6O10S2. The van der Waals surface area contributed by atoms with Gasteiger partial charge in [-0.1, -0.05) is 58.5 Å². The number of likely N-dealkylation sites (tertiary alicyclic amines) is 2. The fourth-order valence-electron chi connectivity index (χ4n) is 9.92. The predicted octanol–water partition coefficient (Wildman–Crippen LogP) is 4.29. The van der Waals surface area contributed by atoms with Gasteiger partial charge in [0.2, 0.25) is 30.9 Å². The van der Waals surface area contributed by atoms with Crippen LogP contribution in [0.5, 0.6) is 0 Å². The van der Waals surface area contributed by atoms with Crippen LogP contribution in [0.3, 0.4) is 0 Å². The number of carbonyl (C=O) groups excluding carboxylic acids is 2. The first kappa shape index (κ1) is 54.7. The smallest absolute Gasteiger partial charge is 0.234 e. The molecule has 6 aliphatic rings. The maximum atomic E-state index is 13.5. The van der Waals surface area contributed by atoms with E-state index in [1.807, 2.05) is 11.0 Å². The van der Waals surface area contributed by atoms with E-state index >= 15 is 0 Å². The van der Waals surface area contributed by atoms with Crippen LogP contribution in [0.2, 0.25) is 20.1 Å². The molecule has 0 aromatic heterocycles. The summed E-state index contributed by atoms with van der Waals surface area (Å²) < 4.78 is 69.2. The van der Waals surface area contributed by atoms with Gasteiger partial charge in [0.05, 0.1) is 120 Å². The van der Waals surface area contributed by atoms with E-state index in [4.69, 9.17) is 71.3 Å². The lowest BCUT2D eigenvalue weighted by Crippen LogP contribution is -2.72. The Bertz CT molecular complexity index is 2190. The fraction of sp³-hybridized carbons (Fsp3) is 0.682. The molecule has 0 unspecified atom stereocenters. The van der Waals surface area contributed by atoms with Crippen LogP contribution >= 0.6 is 57.1 Å². The monoisotopic (exact) mass is 1070 g/mol. The molecule has 1 N–H and O–H groups in total. The second-order valence-electron chi connectivity index (χ2n) is 17.5. The SMILES string of the molecule is COCCS(=O)(=O)Cl.COCCS(=O)(=O)N1CCN(C(=O)Cc2ccc(Cl)c(Cl)c2)[C@H]2[C@H]1COC[C@@H]2N1CCCC1.O=C(Cc1ccc(Cl)c(Cl)c1)N1CCN[C@@H]2COC[C@H](N3CCCC3)[C@H]21. The van der Waals surface area contributed by atoms with Crippen molar-refractivity contribution in [2.24, 2.45) is 0 Å². The van der Waals surface area contributed by atoms with Crippen LogP contribution in [0, 0.1) is 0 Å². The van der Waals surface area contributed by atoms with E-state index in [9.17, 15) is 26.4 Å².